The van der Waals surface area contributed by atoms with Crippen molar-refractivity contribution in [2.24, 2.45) is 56.7 Å². The summed E-state index contributed by atoms with van der Waals surface area (Å²) in [5.41, 5.74) is -0.378. The van der Waals surface area contributed by atoms with Crippen LogP contribution < -0.4 is 0 Å². The smallest absolute Gasteiger partial charge is 0.310 e. The van der Waals surface area contributed by atoms with Crippen molar-refractivity contribution in [1.29, 1.82) is 0 Å². The molecule has 4 saturated carbocycles. The van der Waals surface area contributed by atoms with Gasteiger partial charge >= 0.3 is 11.9 Å². The molecule has 5 nitrogen and oxygen atoms in total. The zero-order chi connectivity index (χ0) is 27.3. The van der Waals surface area contributed by atoms with Gasteiger partial charge in [0.1, 0.15) is 6.10 Å². The van der Waals surface area contributed by atoms with Gasteiger partial charge in [0, 0.05) is 18.3 Å². The number of allylic oxidation sites excluding steroid dienone is 2. The molecule has 10 atom stereocenters. The molecular formula is C32H48O5. The van der Waals surface area contributed by atoms with Crippen LogP contribution in [0.3, 0.4) is 0 Å². The fraction of sp³-hybridized carbons (Fsp3) is 0.844. The minimum absolute atomic E-state index is 0.0732. The summed E-state index contributed by atoms with van der Waals surface area (Å²) < 4.78 is 5.82. The highest BCUT2D eigenvalue weighted by molar-refractivity contribution is 5.96. The van der Waals surface area contributed by atoms with Crippen molar-refractivity contribution in [3.05, 3.63) is 11.6 Å². The summed E-state index contributed by atoms with van der Waals surface area (Å²) in [5.74, 6) is 0.135. The number of aliphatic carboxylic acids is 1. The fourth-order valence-electron chi connectivity index (χ4n) is 11.1. The molecule has 37 heavy (non-hydrogen) atoms. The van der Waals surface area contributed by atoms with E-state index in [4.69, 9.17) is 4.74 Å². The van der Waals surface area contributed by atoms with Crippen LogP contribution in [-0.2, 0) is 19.1 Å². The third-order valence-corrected chi connectivity index (χ3v) is 13.4. The van der Waals surface area contributed by atoms with Crippen LogP contribution in [0, 0.1) is 56.7 Å². The van der Waals surface area contributed by atoms with E-state index in [1.165, 1.54) is 6.92 Å². The minimum Gasteiger partial charge on any atom is -0.481 e. The van der Waals surface area contributed by atoms with Crippen LogP contribution in [0.2, 0.25) is 0 Å². The second-order valence-corrected chi connectivity index (χ2v) is 15.1. The predicted octanol–water partition coefficient (Wildman–Crippen LogP) is 6.84. The quantitative estimate of drug-likeness (QED) is 0.410. The molecule has 0 saturated heterocycles. The summed E-state index contributed by atoms with van der Waals surface area (Å²) in [6.07, 6.45) is 8.65. The summed E-state index contributed by atoms with van der Waals surface area (Å²) in [7, 11) is 0. The van der Waals surface area contributed by atoms with Crippen LogP contribution in [0.1, 0.15) is 107 Å². The lowest BCUT2D eigenvalue weighted by Gasteiger charge is -2.70. The van der Waals surface area contributed by atoms with E-state index in [2.05, 4.69) is 48.5 Å². The van der Waals surface area contributed by atoms with Gasteiger partial charge in [0.2, 0.25) is 0 Å². The Bertz CT molecular complexity index is 1060. The Labute approximate surface area is 223 Å². The predicted molar refractivity (Wildman–Crippen MR) is 143 cm³/mol. The molecule has 0 heterocycles. The zero-order valence-corrected chi connectivity index (χ0v) is 24.3. The Hall–Kier alpha value is -1.65. The lowest BCUT2D eigenvalue weighted by atomic mass is 9.33. The molecule has 0 radical (unpaired) electrons. The van der Waals surface area contributed by atoms with Gasteiger partial charge in [-0.15, -0.1) is 0 Å². The third kappa shape index (κ3) is 3.30. The number of rotatable bonds is 2. The van der Waals surface area contributed by atoms with E-state index in [-0.39, 0.29) is 63.2 Å². The maximum Gasteiger partial charge on any atom is 0.310 e. The molecule has 0 aromatic rings. The number of fused-ring (bicyclic) bond motifs is 7. The van der Waals surface area contributed by atoms with Crippen LogP contribution in [-0.4, -0.2) is 28.9 Å². The highest BCUT2D eigenvalue weighted by Gasteiger charge is 2.71. The van der Waals surface area contributed by atoms with Crippen molar-refractivity contribution in [3.63, 3.8) is 0 Å². The highest BCUT2D eigenvalue weighted by Crippen LogP contribution is 2.75. The molecule has 0 unspecified atom stereocenters. The third-order valence-electron chi connectivity index (χ3n) is 13.4. The van der Waals surface area contributed by atoms with E-state index in [1.54, 1.807) is 0 Å². The molecule has 5 heteroatoms. The van der Waals surface area contributed by atoms with E-state index in [1.807, 2.05) is 6.08 Å². The molecule has 1 N–H and O–H groups in total. The van der Waals surface area contributed by atoms with E-state index in [0.29, 0.717) is 18.8 Å². The standard InChI is InChI=1S/C32H48O5/c1-18-9-14-32(27(35)36)16-15-30(7)21(25(32)19(18)2)17-22(34)26-29(6)12-11-24(37-20(3)33)28(4,5)23(29)10-13-31(26,30)8/h17-19,23-26H,9-16H2,1-8H3,(H,35,36)/t18-,19+,23+,24-,25+,26-,29+,30-,31-,32+/m1/s1. The van der Waals surface area contributed by atoms with Gasteiger partial charge in [0.25, 0.3) is 0 Å². The van der Waals surface area contributed by atoms with Gasteiger partial charge in [-0.05, 0) is 97.4 Å². The summed E-state index contributed by atoms with van der Waals surface area (Å²) in [6, 6.07) is 0. The number of ether oxygens (including phenoxy) is 1. The van der Waals surface area contributed by atoms with Crippen LogP contribution in [0.4, 0.5) is 0 Å². The Morgan fingerprint density at radius 2 is 1.62 bits per heavy atom. The first-order chi connectivity index (χ1) is 17.1. The maximum absolute atomic E-state index is 14.4. The minimum atomic E-state index is -0.744. The van der Waals surface area contributed by atoms with Gasteiger partial charge < -0.3 is 9.84 Å². The lowest BCUT2D eigenvalue weighted by Crippen LogP contribution is -2.67. The van der Waals surface area contributed by atoms with Gasteiger partial charge in [-0.3, -0.25) is 14.4 Å². The molecule has 4 fully saturated rings. The van der Waals surface area contributed by atoms with Gasteiger partial charge in [-0.1, -0.05) is 54.0 Å². The Morgan fingerprint density at radius 1 is 0.946 bits per heavy atom. The summed E-state index contributed by atoms with van der Waals surface area (Å²) >= 11 is 0. The van der Waals surface area contributed by atoms with E-state index in [9.17, 15) is 19.5 Å². The summed E-state index contributed by atoms with van der Waals surface area (Å²) in [4.78, 5) is 39.1. The summed E-state index contributed by atoms with van der Waals surface area (Å²) in [5, 5.41) is 10.6. The first-order valence-corrected chi connectivity index (χ1v) is 14.7. The number of hydrogen-bond acceptors (Lipinski definition) is 4. The monoisotopic (exact) mass is 512 g/mol. The van der Waals surface area contributed by atoms with E-state index in [0.717, 1.165) is 44.1 Å². The van der Waals surface area contributed by atoms with E-state index < -0.39 is 11.4 Å². The number of carbonyl (C=O) groups is 3. The van der Waals surface area contributed by atoms with Gasteiger partial charge in [-0.25, -0.2) is 0 Å². The molecule has 0 spiro atoms. The number of hydrogen-bond donors (Lipinski definition) is 1. The van der Waals surface area contributed by atoms with Crippen molar-refractivity contribution in [2.45, 2.75) is 113 Å². The molecule has 0 amide bonds. The molecule has 206 valence electrons. The number of carboxylic acids is 1. The van der Waals surface area contributed by atoms with Crippen molar-refractivity contribution in [1.82, 2.24) is 0 Å². The topological polar surface area (TPSA) is 80.7 Å². The first-order valence-electron chi connectivity index (χ1n) is 14.7. The molecule has 0 bridgehead atoms. The molecule has 5 rings (SSSR count). The maximum atomic E-state index is 14.4. The Balaban J connectivity index is 1.62. The number of esters is 1. The molecule has 5 aliphatic rings. The lowest BCUT2D eigenvalue weighted by molar-refractivity contribution is -0.212. The highest BCUT2D eigenvalue weighted by atomic mass is 16.5. The molecule has 0 aliphatic heterocycles. The second-order valence-electron chi connectivity index (χ2n) is 15.1. The van der Waals surface area contributed by atoms with Crippen molar-refractivity contribution >= 4 is 17.7 Å². The van der Waals surface area contributed by atoms with Crippen molar-refractivity contribution < 1.29 is 24.2 Å². The van der Waals surface area contributed by atoms with Gasteiger partial charge in [0.05, 0.1) is 5.41 Å². The molecule has 0 aromatic carbocycles. The van der Waals surface area contributed by atoms with Crippen LogP contribution in [0.25, 0.3) is 0 Å². The van der Waals surface area contributed by atoms with Gasteiger partial charge in [0.15, 0.2) is 5.78 Å². The molecule has 0 aromatic heterocycles. The first kappa shape index (κ1) is 26.9. The van der Waals surface area contributed by atoms with Crippen molar-refractivity contribution in [3.8, 4) is 0 Å². The zero-order valence-electron chi connectivity index (χ0n) is 24.3. The largest absolute Gasteiger partial charge is 0.481 e. The van der Waals surface area contributed by atoms with Gasteiger partial charge in [-0.2, -0.15) is 0 Å². The Kier molecular flexibility index (Phi) is 5.95. The van der Waals surface area contributed by atoms with Crippen LogP contribution >= 0.6 is 0 Å². The van der Waals surface area contributed by atoms with E-state index >= 15 is 0 Å². The normalized spacial score (nSPS) is 50.5. The number of ketones is 1. The average molecular weight is 513 g/mol. The molecule has 5 aliphatic carbocycles. The summed E-state index contributed by atoms with van der Waals surface area (Å²) in [6.45, 7) is 17.5. The van der Waals surface area contributed by atoms with Crippen molar-refractivity contribution in [2.75, 3.05) is 0 Å². The second kappa shape index (κ2) is 8.18. The SMILES string of the molecule is CC(=O)O[C@@H]1CC[C@]2(C)[C@H]3C(=O)C=C4[C@@H]5[C@@H](C)[C@H](C)CC[C@]5(C(=O)O)CC[C@@]4(C)[C@]3(C)CC[C@H]2C1(C)C. The molecular weight excluding hydrogens is 464 g/mol. The van der Waals surface area contributed by atoms with Crippen LogP contribution in [0.5, 0.6) is 0 Å². The number of carbonyl (C=O) groups excluding carboxylic acids is 2. The van der Waals surface area contributed by atoms with Crippen LogP contribution in [0.15, 0.2) is 11.6 Å². The fourth-order valence-corrected chi connectivity index (χ4v) is 11.1. The Morgan fingerprint density at radius 3 is 2.24 bits per heavy atom. The number of carboxylic acid groups (broad SMARTS) is 1. The average Bonchev–Trinajstić information content (AvgIpc) is 2.79.